The third-order valence-electron chi connectivity index (χ3n) is 2.87. The molecule has 1 aromatic rings. The summed E-state index contributed by atoms with van der Waals surface area (Å²) in [5.74, 6) is 0.596. The maximum atomic E-state index is 5.49. The molecule has 0 radical (unpaired) electrons. The van der Waals surface area contributed by atoms with Gasteiger partial charge in [-0.1, -0.05) is 12.2 Å². The molecule has 1 aliphatic rings. The second-order valence-corrected chi connectivity index (χ2v) is 4.70. The first-order chi connectivity index (χ1) is 8.25. The second-order valence-electron chi connectivity index (χ2n) is 4.26. The normalized spacial score (nSPS) is 19.9. The molecule has 0 aliphatic carbocycles. The van der Waals surface area contributed by atoms with Crippen LogP contribution in [0.3, 0.4) is 0 Å². The number of hydrogen-bond donors (Lipinski definition) is 2. The molecule has 0 aromatic carbocycles. The first-order valence-electron chi connectivity index (χ1n) is 5.83. The van der Waals surface area contributed by atoms with Crippen molar-refractivity contribution in [2.24, 2.45) is 11.7 Å². The summed E-state index contributed by atoms with van der Waals surface area (Å²) in [5.41, 5.74) is 7.14. The number of thiocarbonyl (C=S) groups is 1. The van der Waals surface area contributed by atoms with E-state index in [0.717, 1.165) is 31.9 Å². The number of hydrogen-bond acceptors (Lipinski definition) is 4. The molecule has 1 fully saturated rings. The van der Waals surface area contributed by atoms with Gasteiger partial charge in [0.25, 0.3) is 0 Å². The fourth-order valence-electron chi connectivity index (χ4n) is 1.87. The highest BCUT2D eigenvalue weighted by Gasteiger charge is 2.13. The number of nitrogens with zero attached hydrogens (tertiary/aromatic N) is 1. The van der Waals surface area contributed by atoms with Crippen molar-refractivity contribution >= 4 is 22.9 Å². The number of ether oxygens (including phenoxy) is 1. The van der Waals surface area contributed by atoms with Gasteiger partial charge in [0.05, 0.1) is 24.2 Å². The molecule has 1 aliphatic heterocycles. The highest BCUT2D eigenvalue weighted by atomic mass is 32.1. The number of nitrogens with two attached hydrogens (primary N) is 1. The molecule has 0 bridgehead atoms. The van der Waals surface area contributed by atoms with Crippen LogP contribution in [0.5, 0.6) is 0 Å². The van der Waals surface area contributed by atoms with E-state index in [1.165, 1.54) is 6.42 Å². The Hall–Kier alpha value is -1.20. The van der Waals surface area contributed by atoms with E-state index in [1.807, 2.05) is 12.1 Å². The summed E-state index contributed by atoms with van der Waals surface area (Å²) in [4.78, 5) is 4.51. The van der Waals surface area contributed by atoms with Crippen LogP contribution >= 0.6 is 12.2 Å². The minimum atomic E-state index is 0.331. The van der Waals surface area contributed by atoms with Gasteiger partial charge < -0.3 is 15.8 Å². The van der Waals surface area contributed by atoms with Crippen LogP contribution in [0.25, 0.3) is 0 Å². The van der Waals surface area contributed by atoms with Crippen LogP contribution in [0.2, 0.25) is 0 Å². The van der Waals surface area contributed by atoms with Crippen LogP contribution in [0.15, 0.2) is 18.3 Å². The Labute approximate surface area is 107 Å². The predicted octanol–water partition coefficient (Wildman–Crippen LogP) is 1.55. The molecule has 1 aromatic heterocycles. The molecular weight excluding hydrogens is 234 g/mol. The van der Waals surface area contributed by atoms with Gasteiger partial charge in [0.15, 0.2) is 0 Å². The molecule has 0 saturated carbocycles. The molecule has 92 valence electrons. The van der Waals surface area contributed by atoms with Crippen molar-refractivity contribution in [3.63, 3.8) is 0 Å². The van der Waals surface area contributed by atoms with Crippen molar-refractivity contribution in [1.29, 1.82) is 0 Å². The predicted molar refractivity (Wildman–Crippen MR) is 72.2 cm³/mol. The smallest absolute Gasteiger partial charge is 0.122 e. The monoisotopic (exact) mass is 251 g/mol. The van der Waals surface area contributed by atoms with Gasteiger partial charge in [-0.3, -0.25) is 4.98 Å². The van der Waals surface area contributed by atoms with E-state index in [-0.39, 0.29) is 0 Å². The zero-order valence-corrected chi connectivity index (χ0v) is 10.5. The van der Waals surface area contributed by atoms with Gasteiger partial charge in [-0.05, 0) is 30.9 Å². The summed E-state index contributed by atoms with van der Waals surface area (Å²) in [7, 11) is 0. The van der Waals surface area contributed by atoms with Crippen LogP contribution < -0.4 is 11.1 Å². The first-order valence-corrected chi connectivity index (χ1v) is 6.24. The van der Waals surface area contributed by atoms with Crippen molar-refractivity contribution in [3.8, 4) is 0 Å². The fraction of sp³-hybridized carbons (Fsp3) is 0.500. The number of anilines is 1. The molecular formula is C12H17N3OS. The molecule has 1 atom stereocenters. The Morgan fingerprint density at radius 2 is 2.47 bits per heavy atom. The Morgan fingerprint density at radius 3 is 3.06 bits per heavy atom. The van der Waals surface area contributed by atoms with Gasteiger partial charge in [-0.25, -0.2) is 0 Å². The van der Waals surface area contributed by atoms with Gasteiger partial charge >= 0.3 is 0 Å². The van der Waals surface area contributed by atoms with Gasteiger partial charge in [-0.2, -0.15) is 0 Å². The van der Waals surface area contributed by atoms with Crippen LogP contribution in [0.1, 0.15) is 18.5 Å². The van der Waals surface area contributed by atoms with Gasteiger partial charge in [0, 0.05) is 13.2 Å². The number of pyridine rings is 1. The number of nitrogens with one attached hydrogen (secondary N) is 1. The summed E-state index contributed by atoms with van der Waals surface area (Å²) < 4.78 is 5.43. The van der Waals surface area contributed by atoms with Gasteiger partial charge in [0.1, 0.15) is 4.99 Å². The molecule has 3 N–H and O–H groups in total. The van der Waals surface area contributed by atoms with E-state index >= 15 is 0 Å². The van der Waals surface area contributed by atoms with E-state index in [0.29, 0.717) is 16.6 Å². The average Bonchev–Trinajstić information content (AvgIpc) is 2.38. The molecule has 17 heavy (non-hydrogen) atoms. The quantitative estimate of drug-likeness (QED) is 0.795. The van der Waals surface area contributed by atoms with E-state index in [2.05, 4.69) is 10.3 Å². The first kappa shape index (κ1) is 12.3. The highest BCUT2D eigenvalue weighted by Crippen LogP contribution is 2.15. The minimum Gasteiger partial charge on any atom is -0.388 e. The fourth-order valence-corrected chi connectivity index (χ4v) is 2.00. The van der Waals surface area contributed by atoms with Crippen molar-refractivity contribution in [2.45, 2.75) is 12.8 Å². The second kappa shape index (κ2) is 5.93. The summed E-state index contributed by atoms with van der Waals surface area (Å²) in [6.07, 6.45) is 4.15. The van der Waals surface area contributed by atoms with E-state index < -0.39 is 0 Å². The lowest BCUT2D eigenvalue weighted by Gasteiger charge is -2.22. The molecule has 4 nitrogen and oxygen atoms in total. The SMILES string of the molecule is NC(=S)c1ccc(NCC2CCCOC2)cn1. The summed E-state index contributed by atoms with van der Waals surface area (Å²) in [6, 6.07) is 3.78. The minimum absolute atomic E-state index is 0.331. The molecule has 5 heteroatoms. The zero-order chi connectivity index (χ0) is 12.1. The molecule has 2 heterocycles. The van der Waals surface area contributed by atoms with Crippen molar-refractivity contribution < 1.29 is 4.74 Å². The van der Waals surface area contributed by atoms with Crippen LogP contribution in [-0.2, 0) is 4.74 Å². The number of rotatable bonds is 4. The zero-order valence-electron chi connectivity index (χ0n) is 9.69. The summed E-state index contributed by atoms with van der Waals surface area (Å²) in [6.45, 7) is 2.68. The maximum absolute atomic E-state index is 5.49. The third-order valence-corrected chi connectivity index (χ3v) is 3.07. The molecule has 0 spiro atoms. The number of aromatic nitrogens is 1. The van der Waals surface area contributed by atoms with Gasteiger partial charge in [0.2, 0.25) is 0 Å². The Bertz CT molecular complexity index is 374. The molecule has 2 rings (SSSR count). The molecule has 1 saturated heterocycles. The maximum Gasteiger partial charge on any atom is 0.122 e. The van der Waals surface area contributed by atoms with Crippen molar-refractivity contribution in [1.82, 2.24) is 4.98 Å². The van der Waals surface area contributed by atoms with Crippen LogP contribution in [0.4, 0.5) is 5.69 Å². The van der Waals surface area contributed by atoms with E-state index in [1.54, 1.807) is 6.20 Å². The lowest BCUT2D eigenvalue weighted by molar-refractivity contribution is 0.0595. The lowest BCUT2D eigenvalue weighted by atomic mass is 10.0. The summed E-state index contributed by atoms with van der Waals surface area (Å²) in [5, 5.41) is 3.35. The largest absolute Gasteiger partial charge is 0.388 e. The summed E-state index contributed by atoms with van der Waals surface area (Å²) >= 11 is 4.85. The van der Waals surface area contributed by atoms with Gasteiger partial charge in [-0.15, -0.1) is 0 Å². The molecule has 0 amide bonds. The average molecular weight is 251 g/mol. The Morgan fingerprint density at radius 1 is 1.59 bits per heavy atom. The Balaban J connectivity index is 1.84. The van der Waals surface area contributed by atoms with Crippen LogP contribution in [-0.4, -0.2) is 29.7 Å². The highest BCUT2D eigenvalue weighted by molar-refractivity contribution is 7.80. The van der Waals surface area contributed by atoms with E-state index in [9.17, 15) is 0 Å². The van der Waals surface area contributed by atoms with Crippen LogP contribution in [0, 0.1) is 5.92 Å². The topological polar surface area (TPSA) is 60.2 Å². The van der Waals surface area contributed by atoms with Crippen molar-refractivity contribution in [3.05, 3.63) is 24.0 Å². The van der Waals surface area contributed by atoms with E-state index in [4.69, 9.17) is 22.7 Å². The molecule has 1 unspecified atom stereocenters. The standard InChI is InChI=1S/C12H17N3OS/c13-12(17)11-4-3-10(7-15-11)14-6-9-2-1-5-16-8-9/h3-4,7,9,14H,1-2,5-6,8H2,(H2,13,17). The third kappa shape index (κ3) is 3.64. The lowest BCUT2D eigenvalue weighted by Crippen LogP contribution is -2.24. The Kier molecular flexibility index (Phi) is 4.28. The van der Waals surface area contributed by atoms with Crippen molar-refractivity contribution in [2.75, 3.05) is 25.1 Å².